The van der Waals surface area contributed by atoms with Gasteiger partial charge in [0.15, 0.2) is 0 Å². The van der Waals surface area contributed by atoms with Gasteiger partial charge in [0.1, 0.15) is 0 Å². The summed E-state index contributed by atoms with van der Waals surface area (Å²) < 4.78 is 0. The van der Waals surface area contributed by atoms with Gasteiger partial charge in [-0.05, 0) is 44.2 Å². The molecule has 0 spiro atoms. The third kappa shape index (κ3) is 4.89. The predicted octanol–water partition coefficient (Wildman–Crippen LogP) is 3.52. The molecule has 108 valence electrons. The Morgan fingerprint density at radius 2 is 1.83 bits per heavy atom. The van der Waals surface area contributed by atoms with Gasteiger partial charge in [0.2, 0.25) is 0 Å². The van der Waals surface area contributed by atoms with Crippen molar-refractivity contribution in [3.63, 3.8) is 0 Å². The number of hydrogen-bond donors (Lipinski definition) is 1. The fraction of sp³-hybridized carbons (Fsp3) is 1.00. The maximum atomic E-state index is 3.67. The van der Waals surface area contributed by atoms with Gasteiger partial charge in [0.25, 0.3) is 0 Å². The number of nitrogens with zero attached hydrogens (tertiary/aromatic N) is 1. The highest BCUT2D eigenvalue weighted by Gasteiger charge is 2.29. The summed E-state index contributed by atoms with van der Waals surface area (Å²) >= 11 is 0. The second-order valence-corrected chi connectivity index (χ2v) is 6.66. The largest absolute Gasteiger partial charge is 0.315 e. The van der Waals surface area contributed by atoms with Gasteiger partial charge in [0.05, 0.1) is 0 Å². The molecule has 2 heteroatoms. The van der Waals surface area contributed by atoms with E-state index >= 15 is 0 Å². The highest BCUT2D eigenvalue weighted by molar-refractivity contribution is 4.85. The first-order valence-corrected chi connectivity index (χ1v) is 8.02. The Kier molecular flexibility index (Phi) is 7.25. The van der Waals surface area contributed by atoms with Crippen molar-refractivity contribution in [3.8, 4) is 0 Å². The minimum absolute atomic E-state index is 0.717. The Labute approximate surface area is 115 Å². The highest BCUT2D eigenvalue weighted by Crippen LogP contribution is 2.24. The van der Waals surface area contributed by atoms with Crippen LogP contribution in [0.15, 0.2) is 0 Å². The summed E-state index contributed by atoms with van der Waals surface area (Å²) in [5.41, 5.74) is 0. The summed E-state index contributed by atoms with van der Waals surface area (Å²) in [7, 11) is 0. The Morgan fingerprint density at radius 1 is 1.11 bits per heavy atom. The molecule has 1 saturated heterocycles. The quantitative estimate of drug-likeness (QED) is 0.748. The summed E-state index contributed by atoms with van der Waals surface area (Å²) in [6, 6.07) is 1.54. The Hall–Kier alpha value is -0.0800. The smallest absolute Gasteiger partial charge is 0.0246 e. The van der Waals surface area contributed by atoms with Crippen LogP contribution in [0.5, 0.6) is 0 Å². The maximum absolute atomic E-state index is 3.67. The van der Waals surface area contributed by atoms with E-state index in [9.17, 15) is 0 Å². The van der Waals surface area contributed by atoms with Crippen molar-refractivity contribution in [2.24, 2.45) is 11.8 Å². The third-order valence-electron chi connectivity index (χ3n) is 4.25. The average Bonchev–Trinajstić information content (AvgIpc) is 2.34. The van der Waals surface area contributed by atoms with Crippen LogP contribution in [0.3, 0.4) is 0 Å². The molecule has 1 rings (SSSR count). The number of nitrogens with one attached hydrogen (secondary N) is 1. The molecule has 1 fully saturated rings. The van der Waals surface area contributed by atoms with Gasteiger partial charge in [-0.1, -0.05) is 41.0 Å². The number of hydrogen-bond acceptors (Lipinski definition) is 2. The summed E-state index contributed by atoms with van der Waals surface area (Å²) in [6.07, 6.45) is 5.54. The zero-order valence-corrected chi connectivity index (χ0v) is 13.2. The monoisotopic (exact) mass is 254 g/mol. The van der Waals surface area contributed by atoms with Crippen molar-refractivity contribution in [3.05, 3.63) is 0 Å². The van der Waals surface area contributed by atoms with E-state index in [4.69, 9.17) is 0 Å². The first-order chi connectivity index (χ1) is 8.56. The lowest BCUT2D eigenvalue weighted by molar-refractivity contribution is 0.0661. The van der Waals surface area contributed by atoms with Crippen LogP contribution in [0.1, 0.15) is 60.3 Å². The van der Waals surface area contributed by atoms with E-state index < -0.39 is 0 Å². The van der Waals surface area contributed by atoms with Crippen molar-refractivity contribution in [2.45, 2.75) is 72.4 Å². The Morgan fingerprint density at radius 3 is 2.39 bits per heavy atom. The fourth-order valence-electron chi connectivity index (χ4n) is 3.15. The molecule has 1 heterocycles. The van der Waals surface area contributed by atoms with Gasteiger partial charge in [0, 0.05) is 18.6 Å². The van der Waals surface area contributed by atoms with Crippen LogP contribution in [-0.4, -0.2) is 36.6 Å². The van der Waals surface area contributed by atoms with E-state index in [2.05, 4.69) is 44.8 Å². The van der Waals surface area contributed by atoms with Gasteiger partial charge >= 0.3 is 0 Å². The van der Waals surface area contributed by atoms with Crippen LogP contribution in [-0.2, 0) is 0 Å². The first-order valence-electron chi connectivity index (χ1n) is 8.02. The van der Waals surface area contributed by atoms with E-state index in [0.717, 1.165) is 31.0 Å². The molecular formula is C16H34N2. The van der Waals surface area contributed by atoms with Crippen LogP contribution >= 0.6 is 0 Å². The van der Waals surface area contributed by atoms with E-state index in [1.165, 1.54) is 32.2 Å². The molecule has 0 aromatic heterocycles. The first kappa shape index (κ1) is 16.0. The molecular weight excluding hydrogens is 220 g/mol. The normalized spacial score (nSPS) is 23.8. The molecule has 0 aromatic carbocycles. The molecule has 0 aliphatic carbocycles. The number of rotatable bonds is 7. The second kappa shape index (κ2) is 8.16. The van der Waals surface area contributed by atoms with Crippen molar-refractivity contribution in [1.82, 2.24) is 10.2 Å². The second-order valence-electron chi connectivity index (χ2n) is 6.66. The summed E-state index contributed by atoms with van der Waals surface area (Å²) in [4.78, 5) is 2.79. The van der Waals surface area contributed by atoms with Crippen molar-refractivity contribution in [1.29, 1.82) is 0 Å². The molecule has 0 bridgehead atoms. The third-order valence-corrected chi connectivity index (χ3v) is 4.25. The predicted molar refractivity (Wildman–Crippen MR) is 81.0 cm³/mol. The lowest BCUT2D eigenvalue weighted by Crippen LogP contribution is -2.52. The van der Waals surface area contributed by atoms with Crippen molar-refractivity contribution < 1.29 is 0 Å². The van der Waals surface area contributed by atoms with Crippen molar-refractivity contribution in [2.75, 3.05) is 19.6 Å². The standard InChI is InChI=1S/C16H34N2/c1-6-15-9-7-8-10-18(15)16(14(4)5)12-17-11-13(2)3/h13-17H,6-12H2,1-5H3. The van der Waals surface area contributed by atoms with Crippen LogP contribution in [0.4, 0.5) is 0 Å². The molecule has 1 aliphatic heterocycles. The SMILES string of the molecule is CCC1CCCCN1C(CNCC(C)C)C(C)C. The highest BCUT2D eigenvalue weighted by atomic mass is 15.2. The maximum Gasteiger partial charge on any atom is 0.0246 e. The molecule has 0 aromatic rings. The zero-order chi connectivity index (χ0) is 13.5. The fourth-order valence-corrected chi connectivity index (χ4v) is 3.15. The molecule has 2 atom stereocenters. The molecule has 1 N–H and O–H groups in total. The molecule has 2 nitrogen and oxygen atoms in total. The Bertz CT molecular complexity index is 213. The zero-order valence-electron chi connectivity index (χ0n) is 13.2. The molecule has 18 heavy (non-hydrogen) atoms. The van der Waals surface area contributed by atoms with Crippen LogP contribution < -0.4 is 5.32 Å². The topological polar surface area (TPSA) is 15.3 Å². The number of piperidine rings is 1. The molecule has 1 aliphatic rings. The van der Waals surface area contributed by atoms with E-state index in [-0.39, 0.29) is 0 Å². The van der Waals surface area contributed by atoms with Gasteiger partial charge in [-0.25, -0.2) is 0 Å². The van der Waals surface area contributed by atoms with Crippen LogP contribution in [0.2, 0.25) is 0 Å². The van der Waals surface area contributed by atoms with Gasteiger partial charge < -0.3 is 5.32 Å². The molecule has 0 saturated carbocycles. The lowest BCUT2D eigenvalue weighted by Gasteiger charge is -2.43. The number of likely N-dealkylation sites (tertiary alicyclic amines) is 1. The Balaban J connectivity index is 2.53. The van der Waals surface area contributed by atoms with Gasteiger partial charge in [-0.2, -0.15) is 0 Å². The van der Waals surface area contributed by atoms with E-state index in [1.807, 2.05) is 0 Å². The molecule has 2 unspecified atom stereocenters. The summed E-state index contributed by atoms with van der Waals surface area (Å²) in [6.45, 7) is 15.3. The van der Waals surface area contributed by atoms with Crippen LogP contribution in [0, 0.1) is 11.8 Å². The lowest BCUT2D eigenvalue weighted by atomic mass is 9.93. The average molecular weight is 254 g/mol. The van der Waals surface area contributed by atoms with Gasteiger partial charge in [-0.15, -0.1) is 0 Å². The van der Waals surface area contributed by atoms with Crippen LogP contribution in [0.25, 0.3) is 0 Å². The van der Waals surface area contributed by atoms with Gasteiger partial charge in [-0.3, -0.25) is 4.90 Å². The minimum Gasteiger partial charge on any atom is -0.315 e. The van der Waals surface area contributed by atoms with Crippen molar-refractivity contribution >= 4 is 0 Å². The summed E-state index contributed by atoms with van der Waals surface area (Å²) in [5.74, 6) is 1.50. The van der Waals surface area contributed by atoms with E-state index in [1.54, 1.807) is 0 Å². The molecule has 0 amide bonds. The van der Waals surface area contributed by atoms with E-state index in [0.29, 0.717) is 6.04 Å². The minimum atomic E-state index is 0.717. The summed E-state index contributed by atoms with van der Waals surface area (Å²) in [5, 5.41) is 3.67. The molecule has 0 radical (unpaired) electrons.